The van der Waals surface area contributed by atoms with Gasteiger partial charge in [0, 0.05) is 11.3 Å². The summed E-state index contributed by atoms with van der Waals surface area (Å²) >= 11 is 0. The fourth-order valence-electron chi connectivity index (χ4n) is 2.72. The second kappa shape index (κ2) is 7.58. The third-order valence-electron chi connectivity index (χ3n) is 4.02. The molecule has 0 amide bonds. The minimum Gasteiger partial charge on any atom is -0.489 e. The molecule has 0 saturated carbocycles. The van der Waals surface area contributed by atoms with Crippen molar-refractivity contribution in [2.24, 2.45) is 0 Å². The Hall–Kier alpha value is -3.85. The van der Waals surface area contributed by atoms with Crippen LogP contribution in [0.1, 0.15) is 27.2 Å². The number of pyridine rings is 1. The third kappa shape index (κ3) is 4.05. The Morgan fingerprint density at radius 3 is 2.59 bits per heavy atom. The molecule has 3 aromatic rings. The van der Waals surface area contributed by atoms with E-state index in [0.717, 1.165) is 11.1 Å². The summed E-state index contributed by atoms with van der Waals surface area (Å²) in [6.45, 7) is 1.99. The van der Waals surface area contributed by atoms with Crippen LogP contribution >= 0.6 is 0 Å². The first kappa shape index (κ1) is 18.0. The second-order valence-corrected chi connectivity index (χ2v) is 6.00. The lowest BCUT2D eigenvalue weighted by Gasteiger charge is -2.09. The number of H-pyrrole nitrogens is 1. The highest BCUT2D eigenvalue weighted by Crippen LogP contribution is 2.25. The lowest BCUT2D eigenvalue weighted by atomic mass is 10.0. The van der Waals surface area contributed by atoms with Crippen LogP contribution in [0.3, 0.4) is 0 Å². The van der Waals surface area contributed by atoms with Crippen molar-refractivity contribution in [2.45, 2.75) is 13.5 Å². The summed E-state index contributed by atoms with van der Waals surface area (Å²) in [5.41, 5.74) is 2.59. The molecule has 0 fully saturated rings. The molecule has 3 rings (SSSR count). The number of nitriles is 1. The van der Waals surface area contributed by atoms with Crippen LogP contribution in [0.5, 0.6) is 5.75 Å². The number of aromatic nitrogens is 1. The molecule has 134 valence electrons. The fourth-order valence-corrected chi connectivity index (χ4v) is 2.72. The Bertz CT molecular complexity index is 1090. The summed E-state index contributed by atoms with van der Waals surface area (Å²) in [6.07, 6.45) is 0. The zero-order valence-electron chi connectivity index (χ0n) is 14.5. The topological polar surface area (TPSA) is 103 Å². The molecule has 2 aromatic carbocycles. The smallest absolute Gasteiger partial charge is 0.335 e. The van der Waals surface area contributed by atoms with Crippen molar-refractivity contribution in [1.29, 1.82) is 5.26 Å². The molecule has 0 bridgehead atoms. The number of nitrogens with one attached hydrogen (secondary N) is 1. The lowest BCUT2D eigenvalue weighted by molar-refractivity contribution is 0.0696. The first-order valence-electron chi connectivity index (χ1n) is 8.17. The number of hydrogen-bond donors (Lipinski definition) is 2. The average molecular weight is 360 g/mol. The van der Waals surface area contributed by atoms with E-state index in [2.05, 4.69) is 4.98 Å². The van der Waals surface area contributed by atoms with Crippen LogP contribution in [0, 0.1) is 18.3 Å². The minimum atomic E-state index is -0.984. The van der Waals surface area contributed by atoms with Crippen molar-refractivity contribution in [3.8, 4) is 22.9 Å². The maximum Gasteiger partial charge on any atom is 0.335 e. The largest absolute Gasteiger partial charge is 0.489 e. The van der Waals surface area contributed by atoms with Gasteiger partial charge in [-0.3, -0.25) is 4.79 Å². The Balaban J connectivity index is 1.79. The van der Waals surface area contributed by atoms with Crippen molar-refractivity contribution >= 4 is 5.97 Å². The number of aromatic amines is 1. The summed E-state index contributed by atoms with van der Waals surface area (Å²) in [5, 5.41) is 18.3. The SMILES string of the molecule is Cc1cc(-c2ccc(OCc3cccc(C(=O)O)c3)cc2)c(C#N)c(=O)[nH]1. The van der Waals surface area contributed by atoms with E-state index in [4.69, 9.17) is 9.84 Å². The standard InChI is InChI=1S/C21H16N2O4/c1-13-9-18(19(11-22)20(24)23-13)15-5-7-17(8-6-15)27-12-14-3-2-4-16(10-14)21(25)26/h2-10H,12H2,1H3,(H,23,24)(H,25,26). The van der Waals surface area contributed by atoms with Gasteiger partial charge >= 0.3 is 5.97 Å². The maximum absolute atomic E-state index is 11.9. The number of hydrogen-bond acceptors (Lipinski definition) is 4. The first-order valence-corrected chi connectivity index (χ1v) is 8.17. The van der Waals surface area contributed by atoms with E-state index in [9.17, 15) is 14.9 Å². The predicted octanol–water partition coefficient (Wildman–Crippen LogP) is 3.50. The van der Waals surface area contributed by atoms with E-state index in [0.29, 0.717) is 17.0 Å². The number of aromatic carboxylic acids is 1. The maximum atomic E-state index is 11.9. The van der Waals surface area contributed by atoms with Crippen LogP contribution in [-0.4, -0.2) is 16.1 Å². The molecule has 1 aromatic heterocycles. The van der Waals surface area contributed by atoms with Gasteiger partial charge in [0.15, 0.2) is 0 Å². The van der Waals surface area contributed by atoms with Gasteiger partial charge < -0.3 is 14.8 Å². The number of carboxylic acids is 1. The van der Waals surface area contributed by atoms with Gasteiger partial charge in [-0.2, -0.15) is 5.26 Å². The molecule has 0 aliphatic rings. The molecule has 0 saturated heterocycles. The molecule has 0 unspecified atom stereocenters. The highest BCUT2D eigenvalue weighted by molar-refractivity contribution is 5.87. The van der Waals surface area contributed by atoms with Crippen molar-refractivity contribution in [3.05, 3.63) is 87.3 Å². The van der Waals surface area contributed by atoms with Gasteiger partial charge in [0.25, 0.3) is 5.56 Å². The third-order valence-corrected chi connectivity index (χ3v) is 4.02. The van der Waals surface area contributed by atoms with Gasteiger partial charge in [0.05, 0.1) is 5.56 Å². The van der Waals surface area contributed by atoms with E-state index in [1.165, 1.54) is 6.07 Å². The predicted molar refractivity (Wildman–Crippen MR) is 99.7 cm³/mol. The number of rotatable bonds is 5. The summed E-state index contributed by atoms with van der Waals surface area (Å²) in [7, 11) is 0. The molecule has 27 heavy (non-hydrogen) atoms. The summed E-state index contributed by atoms with van der Waals surface area (Å²) in [5.74, 6) is -0.387. The van der Waals surface area contributed by atoms with E-state index in [-0.39, 0.29) is 17.7 Å². The van der Waals surface area contributed by atoms with Crippen LogP contribution in [0.15, 0.2) is 59.4 Å². The molecule has 0 spiro atoms. The van der Waals surface area contributed by atoms with Crippen molar-refractivity contribution in [2.75, 3.05) is 0 Å². The van der Waals surface area contributed by atoms with Gasteiger partial charge in [0.1, 0.15) is 24.0 Å². The Morgan fingerprint density at radius 1 is 1.19 bits per heavy atom. The first-order chi connectivity index (χ1) is 13.0. The summed E-state index contributed by atoms with van der Waals surface area (Å²) < 4.78 is 5.70. The van der Waals surface area contributed by atoms with Crippen LogP contribution in [0.2, 0.25) is 0 Å². The number of ether oxygens (including phenoxy) is 1. The number of benzene rings is 2. The number of carbonyl (C=O) groups is 1. The molecule has 2 N–H and O–H groups in total. The molecular weight excluding hydrogens is 344 g/mol. The molecule has 0 aliphatic heterocycles. The van der Waals surface area contributed by atoms with Crippen LogP contribution in [-0.2, 0) is 6.61 Å². The Kier molecular flexibility index (Phi) is 5.04. The van der Waals surface area contributed by atoms with Crippen LogP contribution in [0.25, 0.3) is 11.1 Å². The Labute approximate surface area is 155 Å². The molecular formula is C21H16N2O4. The molecule has 6 nitrogen and oxygen atoms in total. The number of aryl methyl sites for hydroxylation is 1. The minimum absolute atomic E-state index is 0.0692. The second-order valence-electron chi connectivity index (χ2n) is 6.00. The van der Waals surface area contributed by atoms with Gasteiger partial charge in [0.2, 0.25) is 0 Å². The summed E-state index contributed by atoms with van der Waals surface area (Å²) in [4.78, 5) is 25.6. The molecule has 0 aliphatic carbocycles. The fraction of sp³-hybridized carbons (Fsp3) is 0.0952. The molecule has 6 heteroatoms. The number of nitrogens with zero attached hydrogens (tertiary/aromatic N) is 1. The van der Waals surface area contributed by atoms with Gasteiger partial charge in [-0.05, 0) is 48.4 Å². The summed E-state index contributed by atoms with van der Waals surface area (Å²) in [6, 6.07) is 17.3. The molecule has 1 heterocycles. The highest BCUT2D eigenvalue weighted by atomic mass is 16.5. The van der Waals surface area contributed by atoms with Crippen LogP contribution < -0.4 is 10.3 Å². The van der Waals surface area contributed by atoms with E-state index >= 15 is 0 Å². The zero-order chi connectivity index (χ0) is 19.4. The van der Waals surface area contributed by atoms with E-state index < -0.39 is 11.5 Å². The van der Waals surface area contributed by atoms with Crippen molar-refractivity contribution in [3.63, 3.8) is 0 Å². The van der Waals surface area contributed by atoms with Crippen molar-refractivity contribution < 1.29 is 14.6 Å². The zero-order valence-corrected chi connectivity index (χ0v) is 14.5. The van der Waals surface area contributed by atoms with Crippen molar-refractivity contribution in [1.82, 2.24) is 4.98 Å². The quantitative estimate of drug-likeness (QED) is 0.725. The highest BCUT2D eigenvalue weighted by Gasteiger charge is 2.10. The Morgan fingerprint density at radius 2 is 1.93 bits per heavy atom. The van der Waals surface area contributed by atoms with Gasteiger partial charge in [-0.15, -0.1) is 0 Å². The number of carboxylic acid groups (broad SMARTS) is 1. The van der Waals surface area contributed by atoms with Gasteiger partial charge in [-0.1, -0.05) is 24.3 Å². The monoisotopic (exact) mass is 360 g/mol. The molecule has 0 radical (unpaired) electrons. The molecule has 0 atom stereocenters. The van der Waals surface area contributed by atoms with E-state index in [1.807, 2.05) is 6.07 Å². The normalized spacial score (nSPS) is 10.2. The average Bonchev–Trinajstić information content (AvgIpc) is 2.66. The lowest BCUT2D eigenvalue weighted by Crippen LogP contribution is -2.12. The van der Waals surface area contributed by atoms with Crippen LogP contribution in [0.4, 0.5) is 0 Å². The van der Waals surface area contributed by atoms with E-state index in [1.54, 1.807) is 55.5 Å². The van der Waals surface area contributed by atoms with Gasteiger partial charge in [-0.25, -0.2) is 4.79 Å².